The lowest BCUT2D eigenvalue weighted by atomic mass is 9.44. The van der Waals surface area contributed by atoms with Crippen molar-refractivity contribution >= 4 is 5.97 Å². The molecule has 2 aliphatic carbocycles. The third kappa shape index (κ3) is 6.30. The molecule has 1 aliphatic heterocycles. The van der Waals surface area contributed by atoms with Gasteiger partial charge in [-0.2, -0.15) is 0 Å². The number of aromatic hydroxyl groups is 1. The Morgan fingerprint density at radius 1 is 1.14 bits per heavy atom. The van der Waals surface area contributed by atoms with Gasteiger partial charge in [0, 0.05) is 11.6 Å². The summed E-state index contributed by atoms with van der Waals surface area (Å²) >= 11 is 0. The normalized spacial score (nSPS) is 34.9. The van der Waals surface area contributed by atoms with E-state index in [4.69, 9.17) is 13.9 Å². The average Bonchev–Trinajstić information content (AvgIpc) is 3.04. The van der Waals surface area contributed by atoms with Crippen LogP contribution in [0.2, 0.25) is 0 Å². The zero-order valence-electron chi connectivity index (χ0n) is 27.4. The fourth-order valence-electron chi connectivity index (χ4n) is 8.09. The van der Waals surface area contributed by atoms with E-state index in [1.54, 1.807) is 19.9 Å². The van der Waals surface area contributed by atoms with Gasteiger partial charge in [0.1, 0.15) is 17.6 Å². The number of rotatable bonds is 7. The van der Waals surface area contributed by atoms with E-state index in [-0.39, 0.29) is 52.5 Å². The Morgan fingerprint density at radius 2 is 1.81 bits per heavy atom. The summed E-state index contributed by atoms with van der Waals surface area (Å²) in [6, 6.07) is 0. The van der Waals surface area contributed by atoms with Crippen molar-refractivity contribution in [2.75, 3.05) is 0 Å². The smallest absolute Gasteiger partial charge is 0.342 e. The maximum atomic E-state index is 12.9. The zero-order valence-corrected chi connectivity index (χ0v) is 27.4. The average molecular weight is 597 g/mol. The Balaban J connectivity index is 1.60. The van der Waals surface area contributed by atoms with Gasteiger partial charge in [0.05, 0.1) is 23.4 Å². The third-order valence-corrected chi connectivity index (χ3v) is 11.3. The van der Waals surface area contributed by atoms with Crippen molar-refractivity contribution in [1.29, 1.82) is 0 Å². The summed E-state index contributed by atoms with van der Waals surface area (Å²) in [6.07, 6.45) is 10.8. The first kappa shape index (κ1) is 33.3. The van der Waals surface area contributed by atoms with Gasteiger partial charge in [-0.25, -0.2) is 9.59 Å². The van der Waals surface area contributed by atoms with Crippen LogP contribution in [0.1, 0.15) is 97.0 Å². The molecule has 2 saturated carbocycles. The highest BCUT2D eigenvalue weighted by Crippen LogP contribution is 2.64. The van der Waals surface area contributed by atoms with Gasteiger partial charge in [0.2, 0.25) is 0 Å². The molecule has 0 radical (unpaired) electrons. The molecule has 43 heavy (non-hydrogen) atoms. The maximum absolute atomic E-state index is 12.9. The summed E-state index contributed by atoms with van der Waals surface area (Å²) in [6.45, 7) is 20.5. The summed E-state index contributed by atoms with van der Waals surface area (Å²) in [5, 5.41) is 22.3. The molecule has 7 heteroatoms. The van der Waals surface area contributed by atoms with E-state index in [0.717, 1.165) is 25.7 Å². The molecule has 2 heterocycles. The molecule has 1 aromatic rings. The summed E-state index contributed by atoms with van der Waals surface area (Å²) in [4.78, 5) is 25.7. The Bertz CT molecular complexity index is 1340. The molecule has 238 valence electrons. The van der Waals surface area contributed by atoms with Crippen molar-refractivity contribution in [1.82, 2.24) is 0 Å². The Kier molecular flexibility index (Phi) is 9.59. The van der Waals surface area contributed by atoms with Crippen molar-refractivity contribution in [3.05, 3.63) is 63.8 Å². The van der Waals surface area contributed by atoms with Crippen molar-refractivity contribution in [3.8, 4) is 5.75 Å². The Hall–Kier alpha value is -2.64. The molecule has 4 rings (SSSR count). The van der Waals surface area contributed by atoms with Gasteiger partial charge in [-0.15, -0.1) is 0 Å². The minimum atomic E-state index is -0.738. The molecule has 1 saturated heterocycles. The quantitative estimate of drug-likeness (QED) is 0.153. The third-order valence-electron chi connectivity index (χ3n) is 11.3. The van der Waals surface area contributed by atoms with Gasteiger partial charge in [-0.3, -0.25) is 0 Å². The number of hydrogen-bond donors (Lipinski definition) is 2. The Morgan fingerprint density at radius 3 is 2.49 bits per heavy atom. The summed E-state index contributed by atoms with van der Waals surface area (Å²) in [7, 11) is 0. The molecular formula is C36H52O7. The molecular weight excluding hydrogens is 544 g/mol. The largest absolute Gasteiger partial charge is 0.507 e. The van der Waals surface area contributed by atoms with E-state index in [1.807, 2.05) is 19.9 Å². The second kappa shape index (κ2) is 12.4. The van der Waals surface area contributed by atoms with Gasteiger partial charge >= 0.3 is 11.6 Å². The highest BCUT2D eigenvalue weighted by molar-refractivity contribution is 5.82. The minimum absolute atomic E-state index is 0.0321. The molecule has 3 fully saturated rings. The fraction of sp³-hybridized carbons (Fsp3) is 0.667. The SMILES string of the molecule is C=C1C(O)CC2C3(C)CCC(OC(=O)C=CC=CC(C)CC)C(C)(C)OC3CCC2(C)C1Cc1c(O)c(C)c(C)oc1=O. The number of ether oxygens (including phenoxy) is 2. The maximum Gasteiger partial charge on any atom is 0.342 e. The van der Waals surface area contributed by atoms with Gasteiger partial charge in [-0.05, 0) is 100 Å². The van der Waals surface area contributed by atoms with E-state index in [0.29, 0.717) is 35.7 Å². The van der Waals surface area contributed by atoms with Gasteiger partial charge < -0.3 is 24.1 Å². The molecule has 0 spiro atoms. The molecule has 0 amide bonds. The Labute approximate surface area is 257 Å². The van der Waals surface area contributed by atoms with E-state index in [9.17, 15) is 19.8 Å². The first-order chi connectivity index (χ1) is 20.0. The zero-order chi connectivity index (χ0) is 31.9. The number of allylic oxidation sites excluding steroid dienone is 3. The van der Waals surface area contributed by atoms with Gasteiger partial charge in [0.25, 0.3) is 0 Å². The number of aliphatic hydroxyl groups excluding tert-OH is 1. The topological polar surface area (TPSA) is 106 Å². The summed E-state index contributed by atoms with van der Waals surface area (Å²) in [5.74, 6) is 0.262. The van der Waals surface area contributed by atoms with Crippen LogP contribution in [-0.2, 0) is 20.7 Å². The molecule has 2 N–H and O–H groups in total. The van der Waals surface area contributed by atoms with Gasteiger partial charge in [0.15, 0.2) is 0 Å². The van der Waals surface area contributed by atoms with E-state index in [2.05, 4.69) is 40.3 Å². The lowest BCUT2D eigenvalue weighted by molar-refractivity contribution is -0.209. The minimum Gasteiger partial charge on any atom is -0.507 e. The van der Waals surface area contributed by atoms with E-state index in [1.165, 1.54) is 6.08 Å². The lowest BCUT2D eigenvalue weighted by Crippen LogP contribution is -2.59. The van der Waals surface area contributed by atoms with Crippen LogP contribution in [0.15, 0.2) is 45.7 Å². The van der Waals surface area contributed by atoms with Crippen molar-refractivity contribution in [2.45, 2.75) is 124 Å². The van der Waals surface area contributed by atoms with Crippen LogP contribution in [0.4, 0.5) is 0 Å². The second-order valence-corrected chi connectivity index (χ2v) is 14.4. The van der Waals surface area contributed by atoms with Crippen LogP contribution in [-0.4, -0.2) is 40.1 Å². The number of aryl methyl sites for hydroxylation is 1. The van der Waals surface area contributed by atoms with Crippen LogP contribution in [0.25, 0.3) is 0 Å². The summed E-state index contributed by atoms with van der Waals surface area (Å²) < 4.78 is 18.3. The molecule has 0 bridgehead atoms. The van der Waals surface area contributed by atoms with Crippen LogP contribution < -0.4 is 5.63 Å². The predicted molar refractivity (Wildman–Crippen MR) is 168 cm³/mol. The monoisotopic (exact) mass is 596 g/mol. The fourth-order valence-corrected chi connectivity index (χ4v) is 8.09. The number of hydrogen-bond acceptors (Lipinski definition) is 7. The molecule has 8 atom stereocenters. The lowest BCUT2D eigenvalue weighted by Gasteiger charge is -2.62. The highest BCUT2D eigenvalue weighted by atomic mass is 16.6. The highest BCUT2D eigenvalue weighted by Gasteiger charge is 2.62. The number of aliphatic hydroxyl groups is 1. The number of carbonyl (C=O) groups is 1. The predicted octanol–water partition coefficient (Wildman–Crippen LogP) is 6.89. The van der Waals surface area contributed by atoms with Crippen LogP contribution in [0, 0.1) is 42.4 Å². The molecule has 8 unspecified atom stereocenters. The van der Waals surface area contributed by atoms with Crippen LogP contribution >= 0.6 is 0 Å². The first-order valence-electron chi connectivity index (χ1n) is 16.0. The van der Waals surface area contributed by atoms with Crippen molar-refractivity contribution in [3.63, 3.8) is 0 Å². The summed E-state index contributed by atoms with van der Waals surface area (Å²) in [5.41, 5.74) is -0.337. The number of carbonyl (C=O) groups excluding carboxylic acids is 1. The molecule has 3 aliphatic rings. The molecule has 0 aromatic carbocycles. The van der Waals surface area contributed by atoms with E-state index >= 15 is 0 Å². The van der Waals surface area contributed by atoms with Gasteiger partial charge in [-0.1, -0.05) is 58.9 Å². The van der Waals surface area contributed by atoms with E-state index < -0.39 is 23.4 Å². The van der Waals surface area contributed by atoms with Crippen LogP contribution in [0.5, 0.6) is 5.75 Å². The standard InChI is InChI=1S/C36H52O7/c1-10-21(2)13-11-12-14-31(38)42-29-15-18-36(9)28-20-27(37)23(4)26(19-25-32(39)22(3)24(5)41-33(25)40)35(28,8)17-16-30(36)43-34(29,6)7/h11-14,21,26-30,37,39H,4,10,15-20H2,1-3,5-9H3. The number of esters is 1. The number of fused-ring (bicyclic) bond motifs is 3. The van der Waals surface area contributed by atoms with Crippen molar-refractivity contribution in [2.24, 2.45) is 28.6 Å². The van der Waals surface area contributed by atoms with Crippen molar-refractivity contribution < 1.29 is 28.9 Å². The molecule has 1 aromatic heterocycles. The molecule has 7 nitrogen and oxygen atoms in total. The second-order valence-electron chi connectivity index (χ2n) is 14.4. The first-order valence-corrected chi connectivity index (χ1v) is 16.0. The van der Waals surface area contributed by atoms with Crippen LogP contribution in [0.3, 0.4) is 0 Å².